The van der Waals surface area contributed by atoms with E-state index in [0.717, 1.165) is 18.4 Å². The van der Waals surface area contributed by atoms with Crippen molar-refractivity contribution in [2.24, 2.45) is 11.1 Å². The van der Waals surface area contributed by atoms with Gasteiger partial charge in [-0.25, -0.2) is 17.2 Å². The van der Waals surface area contributed by atoms with Gasteiger partial charge in [0.15, 0.2) is 21.2 Å². The largest absolute Gasteiger partial charge is 0.407 e. The van der Waals surface area contributed by atoms with Gasteiger partial charge in [-0.1, -0.05) is 36.4 Å². The van der Waals surface area contributed by atoms with Crippen LogP contribution in [-0.4, -0.2) is 44.1 Å². The molecule has 192 valence electrons. The van der Waals surface area contributed by atoms with E-state index in [1.807, 2.05) is 5.32 Å². The Labute approximate surface area is 204 Å². The number of benzene rings is 2. The third-order valence-electron chi connectivity index (χ3n) is 7.02. The van der Waals surface area contributed by atoms with E-state index in [0.29, 0.717) is 11.1 Å². The molecule has 0 amide bonds. The van der Waals surface area contributed by atoms with Crippen molar-refractivity contribution in [3.8, 4) is 17.2 Å². The number of halogens is 5. The first-order valence-electron chi connectivity index (χ1n) is 10.9. The van der Waals surface area contributed by atoms with Crippen molar-refractivity contribution in [2.45, 2.75) is 53.9 Å². The van der Waals surface area contributed by atoms with Crippen molar-refractivity contribution in [3.63, 3.8) is 0 Å². The molecule has 0 aliphatic heterocycles. The normalized spacial score (nSPS) is 25.8. The highest BCUT2D eigenvalue weighted by atomic mass is 32.2. The predicted molar refractivity (Wildman–Crippen MR) is 119 cm³/mol. The van der Waals surface area contributed by atoms with Crippen LogP contribution in [0.5, 0.6) is 0 Å². The fraction of sp³-hybridized carbons (Fsp3) is 0.417. The monoisotopic (exact) mass is 527 g/mol. The number of carbonyl (C=O) groups is 1. The Morgan fingerprint density at radius 1 is 1.06 bits per heavy atom. The molecule has 0 saturated heterocycles. The quantitative estimate of drug-likeness (QED) is 0.551. The number of nitriles is 1. The molecule has 2 aromatic rings. The molecule has 3 N–H and O–H groups in total. The van der Waals surface area contributed by atoms with E-state index in [1.54, 1.807) is 6.07 Å². The number of nitrogens with zero attached hydrogens (tertiary/aromatic N) is 1. The van der Waals surface area contributed by atoms with Crippen LogP contribution in [0.3, 0.4) is 0 Å². The molecule has 0 spiro atoms. The van der Waals surface area contributed by atoms with Crippen molar-refractivity contribution < 1.29 is 35.2 Å². The lowest BCUT2D eigenvalue weighted by atomic mass is 9.78. The second kappa shape index (κ2) is 8.33. The van der Waals surface area contributed by atoms with E-state index in [-0.39, 0.29) is 23.3 Å². The molecule has 0 bridgehead atoms. The van der Waals surface area contributed by atoms with E-state index >= 15 is 0 Å². The van der Waals surface area contributed by atoms with Gasteiger partial charge in [-0.05, 0) is 41.7 Å². The molecule has 2 aliphatic carbocycles. The van der Waals surface area contributed by atoms with Gasteiger partial charge in [0, 0.05) is 12.7 Å². The van der Waals surface area contributed by atoms with Crippen LogP contribution in [0, 0.1) is 16.7 Å². The number of nitrogens with one attached hydrogen (secondary N) is 1. The Morgan fingerprint density at radius 2 is 1.56 bits per heavy atom. The van der Waals surface area contributed by atoms with Crippen LogP contribution in [0.25, 0.3) is 11.1 Å². The van der Waals surface area contributed by atoms with Crippen LogP contribution in [0.15, 0.2) is 53.4 Å². The summed E-state index contributed by atoms with van der Waals surface area (Å²) in [4.78, 5) is 13.0. The Hall–Kier alpha value is -2.88. The molecule has 0 heterocycles. The lowest BCUT2D eigenvalue weighted by Crippen LogP contribution is -2.63. The van der Waals surface area contributed by atoms with Gasteiger partial charge in [-0.15, -0.1) is 0 Å². The van der Waals surface area contributed by atoms with Crippen LogP contribution in [0.2, 0.25) is 0 Å². The van der Waals surface area contributed by atoms with E-state index in [4.69, 9.17) is 5.73 Å². The Bertz CT molecular complexity index is 1330. The summed E-state index contributed by atoms with van der Waals surface area (Å²) in [6.07, 6.45) is -5.18. The second-order valence-electron chi connectivity index (χ2n) is 9.39. The second-order valence-corrected chi connectivity index (χ2v) is 11.4. The highest BCUT2D eigenvalue weighted by molar-refractivity contribution is 7.90. The first kappa shape index (κ1) is 26.2. The maximum atomic E-state index is 14.9. The molecule has 36 heavy (non-hydrogen) atoms. The van der Waals surface area contributed by atoms with Crippen LogP contribution in [-0.2, 0) is 14.6 Å². The minimum absolute atomic E-state index is 0.0244. The number of carbonyl (C=O) groups excluding carboxylic acids is 1. The number of ketones is 1. The lowest BCUT2D eigenvalue weighted by molar-refractivity contribution is -0.160. The molecule has 2 aliphatic rings. The Balaban J connectivity index is 1.60. The van der Waals surface area contributed by atoms with Gasteiger partial charge in [0.1, 0.15) is 6.04 Å². The summed E-state index contributed by atoms with van der Waals surface area (Å²) in [5.74, 6) is -5.16. The number of Topliss-reactive ketones (excluding diaryl/α,β-unsaturated/α-hetero) is 1. The molecule has 12 heteroatoms. The molecular weight excluding hydrogens is 505 g/mol. The van der Waals surface area contributed by atoms with Crippen LogP contribution in [0.4, 0.5) is 22.0 Å². The van der Waals surface area contributed by atoms with Gasteiger partial charge in [0.05, 0.1) is 22.4 Å². The van der Waals surface area contributed by atoms with Gasteiger partial charge in [-0.2, -0.15) is 18.4 Å². The smallest absolute Gasteiger partial charge is 0.313 e. The summed E-state index contributed by atoms with van der Waals surface area (Å²) >= 11 is 0. The van der Waals surface area contributed by atoms with Gasteiger partial charge in [0.2, 0.25) is 0 Å². The third kappa shape index (κ3) is 4.19. The molecule has 1 unspecified atom stereocenters. The van der Waals surface area contributed by atoms with E-state index < -0.39 is 57.2 Å². The maximum absolute atomic E-state index is 14.9. The number of hydrogen-bond donors (Lipinski definition) is 2. The van der Waals surface area contributed by atoms with Crippen molar-refractivity contribution in [1.82, 2.24) is 5.32 Å². The number of hydrogen-bond acceptors (Lipinski definition) is 6. The average Bonchev–Trinajstić information content (AvgIpc) is 3.58. The minimum atomic E-state index is -4.93. The molecule has 0 radical (unpaired) electrons. The lowest BCUT2D eigenvalue weighted by Gasteiger charge is -2.33. The summed E-state index contributed by atoms with van der Waals surface area (Å²) in [5, 5.41) is 11.4. The molecule has 6 nitrogen and oxygen atoms in total. The number of alkyl halides is 5. The molecular formula is C24H22F5N3O3S. The molecule has 2 saturated carbocycles. The summed E-state index contributed by atoms with van der Waals surface area (Å²) in [6, 6.07) is 8.15. The molecule has 4 rings (SSSR count). The van der Waals surface area contributed by atoms with E-state index in [9.17, 15) is 40.4 Å². The SMILES string of the molecule is CS(=O)(=O)c1ccc(-c2ccc([C@H](N[C@H]3CC(F)(F)C(N)(C4(C#N)CC4)C3=O)C(F)(F)F)cc2)cc1. The fourth-order valence-electron chi connectivity index (χ4n) is 4.75. The Morgan fingerprint density at radius 3 is 1.97 bits per heavy atom. The highest BCUT2D eigenvalue weighted by Crippen LogP contribution is 2.61. The first-order valence-corrected chi connectivity index (χ1v) is 12.8. The molecule has 2 fully saturated rings. The number of nitrogens with two attached hydrogens (primary N) is 1. The number of rotatable bonds is 6. The first-order chi connectivity index (χ1) is 16.6. The van der Waals surface area contributed by atoms with Crippen molar-refractivity contribution in [3.05, 3.63) is 54.1 Å². The van der Waals surface area contributed by atoms with Crippen LogP contribution < -0.4 is 11.1 Å². The van der Waals surface area contributed by atoms with E-state index in [2.05, 4.69) is 0 Å². The Kier molecular flexibility index (Phi) is 6.06. The van der Waals surface area contributed by atoms with Crippen LogP contribution >= 0.6 is 0 Å². The van der Waals surface area contributed by atoms with E-state index in [1.165, 1.54) is 36.4 Å². The standard InChI is InChI=1S/C24H22F5N3O3S/c1-36(34,35)17-8-6-15(7-9-17)14-2-4-16(5-3-14)19(24(27,28)29)32-18-12-22(25,26)23(31,20(18)33)21(13-30)10-11-21/h2-9,18-19,32H,10-12,31H2,1H3/t18-,19-,23?/m0/s1. The maximum Gasteiger partial charge on any atom is 0.407 e. The fourth-order valence-corrected chi connectivity index (χ4v) is 5.38. The van der Waals surface area contributed by atoms with Gasteiger partial charge < -0.3 is 5.73 Å². The van der Waals surface area contributed by atoms with Crippen molar-refractivity contribution in [2.75, 3.05) is 6.26 Å². The van der Waals surface area contributed by atoms with Crippen LogP contribution in [0.1, 0.15) is 30.9 Å². The molecule has 0 aromatic heterocycles. The minimum Gasteiger partial charge on any atom is -0.313 e. The number of sulfone groups is 1. The van der Waals surface area contributed by atoms with Crippen molar-refractivity contribution in [1.29, 1.82) is 5.26 Å². The average molecular weight is 528 g/mol. The summed E-state index contributed by atoms with van der Waals surface area (Å²) in [7, 11) is -3.42. The van der Waals surface area contributed by atoms with Gasteiger partial charge >= 0.3 is 6.18 Å². The third-order valence-corrected chi connectivity index (χ3v) is 8.14. The summed E-state index contributed by atoms with van der Waals surface area (Å²) in [6.45, 7) is 0. The zero-order valence-electron chi connectivity index (χ0n) is 18.9. The summed E-state index contributed by atoms with van der Waals surface area (Å²) in [5.41, 5.74) is 1.88. The zero-order chi connectivity index (χ0) is 26.7. The summed E-state index contributed by atoms with van der Waals surface area (Å²) < 4.78 is 94.8. The van der Waals surface area contributed by atoms with Gasteiger partial charge in [0.25, 0.3) is 5.92 Å². The van der Waals surface area contributed by atoms with Gasteiger partial charge in [-0.3, -0.25) is 10.1 Å². The zero-order valence-corrected chi connectivity index (χ0v) is 19.8. The van der Waals surface area contributed by atoms with Crippen molar-refractivity contribution >= 4 is 15.6 Å². The molecule has 3 atom stereocenters. The topological polar surface area (TPSA) is 113 Å². The predicted octanol–water partition coefficient (Wildman–Crippen LogP) is 3.93. The highest BCUT2D eigenvalue weighted by Gasteiger charge is 2.77. The molecule has 2 aromatic carbocycles.